The quantitative estimate of drug-likeness (QED) is 0.562. The topological polar surface area (TPSA) is 74.3 Å². The lowest BCUT2D eigenvalue weighted by atomic mass is 9.96. The molecule has 7 nitrogen and oxygen atoms in total. The minimum atomic E-state index is -0.855. The van der Waals surface area contributed by atoms with Gasteiger partial charge in [-0.05, 0) is 68.1 Å². The Morgan fingerprint density at radius 2 is 1.91 bits per heavy atom. The number of ether oxygens (including phenoxy) is 2. The van der Waals surface area contributed by atoms with Gasteiger partial charge in [-0.25, -0.2) is 4.79 Å². The number of halogens is 1. The van der Waals surface area contributed by atoms with Crippen LogP contribution in [0.25, 0.3) is 0 Å². The molecule has 2 heterocycles. The summed E-state index contributed by atoms with van der Waals surface area (Å²) in [5.41, 5.74) is 1.43. The fraction of sp³-hybridized carbons (Fsp3) is 0.500. The fourth-order valence-corrected chi connectivity index (χ4v) is 4.59. The third-order valence-corrected chi connectivity index (χ3v) is 6.81. The lowest BCUT2D eigenvalue weighted by molar-refractivity contribution is -0.0168. The number of urea groups is 1. The third kappa shape index (κ3) is 6.78. The Kier molecular flexibility index (Phi) is 8.19. The molecule has 2 aliphatic heterocycles. The number of hydrogen-bond acceptors (Lipinski definition) is 5. The number of aliphatic hydroxyl groups is 1. The van der Waals surface area contributed by atoms with Crippen LogP contribution >= 0.6 is 11.6 Å². The Bertz CT molecular complexity index is 971. The molecule has 0 bridgehead atoms. The second kappa shape index (κ2) is 11.3. The molecule has 2 amide bonds. The lowest BCUT2D eigenvalue weighted by Crippen LogP contribution is -2.37. The van der Waals surface area contributed by atoms with Crippen LogP contribution in [0.15, 0.2) is 42.5 Å². The zero-order valence-electron chi connectivity index (χ0n) is 19.8. The summed E-state index contributed by atoms with van der Waals surface area (Å²) in [5.74, 6) is 1.43. The average Bonchev–Trinajstić information content (AvgIpc) is 3.14. The summed E-state index contributed by atoms with van der Waals surface area (Å²) in [6, 6.07) is 13.8. The first-order valence-corrected chi connectivity index (χ1v) is 12.4. The van der Waals surface area contributed by atoms with E-state index in [1.807, 2.05) is 37.3 Å². The van der Waals surface area contributed by atoms with Crippen molar-refractivity contribution in [2.75, 3.05) is 45.9 Å². The van der Waals surface area contributed by atoms with Crippen molar-refractivity contribution in [3.8, 4) is 11.5 Å². The van der Waals surface area contributed by atoms with Gasteiger partial charge in [0.25, 0.3) is 0 Å². The van der Waals surface area contributed by atoms with Crippen LogP contribution in [0.1, 0.15) is 30.4 Å². The van der Waals surface area contributed by atoms with E-state index in [0.717, 1.165) is 43.9 Å². The first-order valence-electron chi connectivity index (χ1n) is 12.0. The molecule has 8 heteroatoms. The molecule has 2 N–H and O–H groups in total. The number of nitrogens with one attached hydrogen (secondary N) is 1. The Balaban J connectivity index is 1.22. The second-order valence-corrected chi connectivity index (χ2v) is 9.70. The van der Waals surface area contributed by atoms with Crippen LogP contribution in [0.5, 0.6) is 11.5 Å². The van der Waals surface area contributed by atoms with Crippen molar-refractivity contribution in [3.05, 3.63) is 58.6 Å². The van der Waals surface area contributed by atoms with Crippen LogP contribution in [0.4, 0.5) is 4.79 Å². The number of likely N-dealkylation sites (tertiary alicyclic amines) is 1. The fourth-order valence-electron chi connectivity index (χ4n) is 4.42. The summed E-state index contributed by atoms with van der Waals surface area (Å²) in [4.78, 5) is 15.7. The Morgan fingerprint density at radius 3 is 2.68 bits per heavy atom. The highest BCUT2D eigenvalue weighted by atomic mass is 35.5. The highest BCUT2D eigenvalue weighted by Gasteiger charge is 2.31. The zero-order chi connectivity index (χ0) is 24.0. The minimum absolute atomic E-state index is 0.0196. The van der Waals surface area contributed by atoms with E-state index in [0.29, 0.717) is 43.3 Å². The van der Waals surface area contributed by atoms with Crippen molar-refractivity contribution in [1.29, 1.82) is 0 Å². The standard InChI is InChI=1S/C26H34ClN3O4/c1-20-3-8-23(27)24(17-20)34-19-26(32)9-2-12-29(13-10-26)18-21-4-6-22(7-5-21)33-16-15-30-14-11-28-25(30)31/h3-8,17,32H,2,9-16,18-19H2,1H3,(H,28,31)/t26-/m0/s1. The first-order chi connectivity index (χ1) is 16.4. The first kappa shape index (κ1) is 24.6. The number of carbonyl (C=O) groups excluding carboxylic acids is 1. The summed E-state index contributed by atoms with van der Waals surface area (Å²) >= 11 is 6.24. The van der Waals surface area contributed by atoms with Gasteiger partial charge in [-0.1, -0.05) is 29.8 Å². The molecule has 4 rings (SSSR count). The number of amides is 2. The number of benzene rings is 2. The molecule has 2 aromatic rings. The number of hydrogen-bond donors (Lipinski definition) is 2. The number of nitrogens with zero attached hydrogens (tertiary/aromatic N) is 2. The van der Waals surface area contributed by atoms with Crippen LogP contribution in [0, 0.1) is 6.92 Å². The summed E-state index contributed by atoms with van der Waals surface area (Å²) in [6.45, 7) is 7.31. The van der Waals surface area contributed by atoms with E-state index >= 15 is 0 Å². The average molecular weight is 488 g/mol. The van der Waals surface area contributed by atoms with Gasteiger partial charge in [-0.3, -0.25) is 4.90 Å². The maximum Gasteiger partial charge on any atom is 0.317 e. The molecule has 2 aromatic carbocycles. The summed E-state index contributed by atoms with van der Waals surface area (Å²) < 4.78 is 11.7. The van der Waals surface area contributed by atoms with E-state index in [1.54, 1.807) is 4.90 Å². The minimum Gasteiger partial charge on any atom is -0.492 e. The van der Waals surface area contributed by atoms with Crippen LogP contribution < -0.4 is 14.8 Å². The van der Waals surface area contributed by atoms with Crippen molar-refractivity contribution in [3.63, 3.8) is 0 Å². The Hall–Kier alpha value is -2.48. The van der Waals surface area contributed by atoms with Crippen molar-refractivity contribution in [2.45, 2.75) is 38.3 Å². The molecule has 184 valence electrons. The van der Waals surface area contributed by atoms with E-state index in [1.165, 1.54) is 5.56 Å². The van der Waals surface area contributed by atoms with Gasteiger partial charge in [-0.15, -0.1) is 0 Å². The molecule has 2 saturated heterocycles. The Morgan fingerprint density at radius 1 is 1.09 bits per heavy atom. The van der Waals surface area contributed by atoms with Crippen molar-refractivity contribution in [1.82, 2.24) is 15.1 Å². The normalized spacial score (nSPS) is 21.3. The van der Waals surface area contributed by atoms with Crippen LogP contribution in [-0.2, 0) is 6.54 Å². The van der Waals surface area contributed by atoms with E-state index < -0.39 is 5.60 Å². The molecular formula is C26H34ClN3O4. The lowest BCUT2D eigenvalue weighted by Gasteiger charge is -2.27. The van der Waals surface area contributed by atoms with Gasteiger partial charge < -0.3 is 24.8 Å². The van der Waals surface area contributed by atoms with E-state index in [2.05, 4.69) is 22.3 Å². The molecule has 34 heavy (non-hydrogen) atoms. The van der Waals surface area contributed by atoms with Crippen LogP contribution in [0.2, 0.25) is 5.02 Å². The molecule has 2 fully saturated rings. The number of aryl methyl sites for hydroxylation is 1. The molecule has 1 atom stereocenters. The zero-order valence-corrected chi connectivity index (χ0v) is 20.5. The number of carbonyl (C=O) groups is 1. The smallest absolute Gasteiger partial charge is 0.317 e. The molecule has 0 spiro atoms. The second-order valence-electron chi connectivity index (χ2n) is 9.29. The highest BCUT2D eigenvalue weighted by molar-refractivity contribution is 6.32. The monoisotopic (exact) mass is 487 g/mol. The van der Waals surface area contributed by atoms with Crippen molar-refractivity contribution < 1.29 is 19.4 Å². The molecule has 0 aliphatic carbocycles. The molecule has 0 saturated carbocycles. The van der Waals surface area contributed by atoms with Crippen LogP contribution in [0.3, 0.4) is 0 Å². The predicted octanol–water partition coefficient (Wildman–Crippen LogP) is 3.85. The summed E-state index contributed by atoms with van der Waals surface area (Å²) in [5, 5.41) is 14.5. The van der Waals surface area contributed by atoms with Crippen molar-refractivity contribution in [2.24, 2.45) is 0 Å². The molecular weight excluding hydrogens is 454 g/mol. The Labute approximate surface area is 206 Å². The molecule has 0 radical (unpaired) electrons. The van der Waals surface area contributed by atoms with Gasteiger partial charge in [0.2, 0.25) is 0 Å². The van der Waals surface area contributed by atoms with E-state index in [-0.39, 0.29) is 12.6 Å². The van der Waals surface area contributed by atoms with Crippen molar-refractivity contribution >= 4 is 17.6 Å². The van der Waals surface area contributed by atoms with Gasteiger partial charge in [0.1, 0.15) is 24.7 Å². The SMILES string of the molecule is Cc1ccc(Cl)c(OC[C@]2(O)CCCN(Cc3ccc(OCCN4CCNC4=O)cc3)CC2)c1. The van der Waals surface area contributed by atoms with E-state index in [4.69, 9.17) is 21.1 Å². The van der Waals surface area contributed by atoms with Gasteiger partial charge in [0, 0.05) is 26.2 Å². The van der Waals surface area contributed by atoms with Gasteiger partial charge >= 0.3 is 6.03 Å². The third-order valence-electron chi connectivity index (χ3n) is 6.50. The number of rotatable bonds is 9. The predicted molar refractivity (Wildman–Crippen MR) is 133 cm³/mol. The largest absolute Gasteiger partial charge is 0.492 e. The molecule has 0 aromatic heterocycles. The summed E-state index contributed by atoms with van der Waals surface area (Å²) in [7, 11) is 0. The maximum atomic E-state index is 11.6. The van der Waals surface area contributed by atoms with E-state index in [9.17, 15) is 9.90 Å². The highest BCUT2D eigenvalue weighted by Crippen LogP contribution is 2.29. The van der Waals surface area contributed by atoms with Gasteiger partial charge in [0.15, 0.2) is 0 Å². The summed E-state index contributed by atoms with van der Waals surface area (Å²) in [6.07, 6.45) is 2.27. The maximum absolute atomic E-state index is 11.6. The molecule has 2 aliphatic rings. The molecule has 0 unspecified atom stereocenters. The van der Waals surface area contributed by atoms with Gasteiger partial charge in [0.05, 0.1) is 17.2 Å². The van der Waals surface area contributed by atoms with Crippen LogP contribution in [-0.4, -0.2) is 72.5 Å². The van der Waals surface area contributed by atoms with Gasteiger partial charge in [-0.2, -0.15) is 0 Å².